The Morgan fingerprint density at radius 3 is 2.79 bits per heavy atom. The second-order valence-electron chi connectivity index (χ2n) is 2.61. The Morgan fingerprint density at radius 1 is 1.57 bits per heavy atom. The zero-order valence-electron chi connectivity index (χ0n) is 7.60. The minimum atomic E-state index is -0.550. The van der Waals surface area contributed by atoms with Crippen LogP contribution < -0.4 is 0 Å². The number of nitriles is 1. The second-order valence-corrected chi connectivity index (χ2v) is 2.61. The molecule has 0 unspecified atom stereocenters. The first-order valence-electron chi connectivity index (χ1n) is 4.01. The number of nitrogens with zero attached hydrogens (tertiary/aromatic N) is 2. The predicted octanol–water partition coefficient (Wildman–Crippen LogP) is 2.50. The molecule has 14 heavy (non-hydrogen) atoms. The molecule has 1 aromatic rings. The maximum atomic E-state index is 10.6. The molecule has 0 amide bonds. The Bertz CT molecular complexity index is 430. The van der Waals surface area contributed by atoms with Gasteiger partial charge in [-0.2, -0.15) is 5.26 Å². The summed E-state index contributed by atoms with van der Waals surface area (Å²) >= 11 is 0. The van der Waals surface area contributed by atoms with Gasteiger partial charge in [0.2, 0.25) is 0 Å². The number of nitro groups is 1. The lowest BCUT2D eigenvalue weighted by Crippen LogP contribution is -1.93. The summed E-state index contributed by atoms with van der Waals surface area (Å²) < 4.78 is 0. The molecule has 1 rings (SSSR count). The van der Waals surface area contributed by atoms with Crippen LogP contribution >= 0.6 is 0 Å². The van der Waals surface area contributed by atoms with Crippen molar-refractivity contribution in [3.05, 3.63) is 45.5 Å². The van der Waals surface area contributed by atoms with Crippen LogP contribution in [0, 0.1) is 21.4 Å². The summed E-state index contributed by atoms with van der Waals surface area (Å²) in [6, 6.07) is 6.40. The Balaban J connectivity index is 3.41. The van der Waals surface area contributed by atoms with Crippen LogP contribution in [-0.2, 0) is 0 Å². The lowest BCUT2D eigenvalue weighted by Gasteiger charge is -1.98. The number of nitro benzene ring substituents is 1. The minimum Gasteiger partial charge on any atom is -0.258 e. The van der Waals surface area contributed by atoms with Crippen LogP contribution in [-0.4, -0.2) is 4.92 Å². The fraction of sp³-hybridized carbons (Fsp3) is 0.100. The zero-order valence-corrected chi connectivity index (χ0v) is 7.60. The van der Waals surface area contributed by atoms with E-state index in [9.17, 15) is 10.1 Å². The average Bonchev–Trinajstić information content (AvgIpc) is 2.18. The first kappa shape index (κ1) is 9.93. The monoisotopic (exact) mass is 188 g/mol. The molecular weight excluding hydrogens is 180 g/mol. The molecule has 0 radical (unpaired) electrons. The Labute approximate surface area is 81.2 Å². The molecule has 1 aromatic carbocycles. The molecule has 0 aliphatic carbocycles. The molecule has 0 heterocycles. The van der Waals surface area contributed by atoms with Crippen molar-refractivity contribution in [2.24, 2.45) is 0 Å². The lowest BCUT2D eigenvalue weighted by atomic mass is 10.1. The summed E-state index contributed by atoms with van der Waals surface area (Å²) in [4.78, 5) is 10.0. The van der Waals surface area contributed by atoms with Crippen molar-refractivity contribution >= 4 is 11.8 Å². The maximum absolute atomic E-state index is 10.6. The lowest BCUT2D eigenvalue weighted by molar-refractivity contribution is -0.385. The number of allylic oxidation sites excluding steroid dienone is 1. The highest BCUT2D eigenvalue weighted by atomic mass is 16.6. The largest absolute Gasteiger partial charge is 0.287 e. The Hall–Kier alpha value is -2.15. The molecule has 0 saturated heterocycles. The molecule has 0 aliphatic rings. The van der Waals surface area contributed by atoms with Gasteiger partial charge in [0.05, 0.1) is 4.92 Å². The highest BCUT2D eigenvalue weighted by Crippen LogP contribution is 2.22. The van der Waals surface area contributed by atoms with E-state index < -0.39 is 4.92 Å². The Kier molecular flexibility index (Phi) is 2.97. The van der Waals surface area contributed by atoms with Gasteiger partial charge in [0, 0.05) is 6.07 Å². The molecule has 0 saturated carbocycles. The van der Waals surface area contributed by atoms with Gasteiger partial charge in [-0.1, -0.05) is 24.3 Å². The molecule has 0 aliphatic heterocycles. The first-order valence-corrected chi connectivity index (χ1v) is 4.01. The third-order valence-electron chi connectivity index (χ3n) is 1.73. The summed E-state index contributed by atoms with van der Waals surface area (Å²) in [7, 11) is 0. The van der Waals surface area contributed by atoms with Crippen molar-refractivity contribution in [3.63, 3.8) is 0 Å². The first-order chi connectivity index (χ1) is 6.70. The van der Waals surface area contributed by atoms with E-state index in [1.807, 2.05) is 6.07 Å². The van der Waals surface area contributed by atoms with E-state index in [-0.39, 0.29) is 11.3 Å². The molecular formula is C10H8N2O2. The van der Waals surface area contributed by atoms with E-state index >= 15 is 0 Å². The summed E-state index contributed by atoms with van der Waals surface area (Å²) in [5.74, 6) is 0. The van der Waals surface area contributed by atoms with Crippen LogP contribution in [0.5, 0.6) is 0 Å². The van der Waals surface area contributed by atoms with Crippen molar-refractivity contribution in [2.75, 3.05) is 0 Å². The number of hydrogen-bond acceptors (Lipinski definition) is 3. The van der Waals surface area contributed by atoms with Crippen LogP contribution in [0.15, 0.2) is 24.3 Å². The third-order valence-corrected chi connectivity index (χ3v) is 1.73. The Morgan fingerprint density at radius 2 is 2.29 bits per heavy atom. The van der Waals surface area contributed by atoms with E-state index in [4.69, 9.17) is 5.26 Å². The van der Waals surface area contributed by atoms with Crippen LogP contribution in [0.25, 0.3) is 6.08 Å². The molecule has 0 aromatic heterocycles. The van der Waals surface area contributed by atoms with E-state index in [0.29, 0.717) is 5.56 Å². The molecule has 70 valence electrons. The summed E-state index contributed by atoms with van der Waals surface area (Å²) in [5, 5.41) is 19.4. The van der Waals surface area contributed by atoms with Crippen molar-refractivity contribution < 1.29 is 4.92 Å². The van der Waals surface area contributed by atoms with E-state index in [0.717, 1.165) is 0 Å². The van der Waals surface area contributed by atoms with Gasteiger partial charge >= 0.3 is 0 Å². The van der Waals surface area contributed by atoms with Crippen LogP contribution in [0.4, 0.5) is 5.69 Å². The van der Waals surface area contributed by atoms with Crippen molar-refractivity contribution in [1.29, 1.82) is 5.26 Å². The van der Waals surface area contributed by atoms with Crippen LogP contribution in [0.1, 0.15) is 18.1 Å². The smallest absolute Gasteiger partial charge is 0.258 e. The normalized spacial score (nSPS) is 10.0. The topological polar surface area (TPSA) is 66.9 Å². The van der Waals surface area contributed by atoms with Crippen molar-refractivity contribution in [1.82, 2.24) is 0 Å². The summed E-state index contributed by atoms with van der Waals surface area (Å²) in [6.07, 6.45) is 3.41. The third kappa shape index (κ3) is 1.77. The number of rotatable bonds is 2. The van der Waals surface area contributed by atoms with Crippen molar-refractivity contribution in [3.8, 4) is 6.07 Å². The maximum Gasteiger partial charge on any atom is 0.287 e. The predicted molar refractivity (Wildman–Crippen MR) is 52.5 cm³/mol. The van der Waals surface area contributed by atoms with Gasteiger partial charge < -0.3 is 0 Å². The van der Waals surface area contributed by atoms with Gasteiger partial charge in [-0.15, -0.1) is 0 Å². The highest BCUT2D eigenvalue weighted by Gasteiger charge is 2.14. The van der Waals surface area contributed by atoms with Gasteiger partial charge in [-0.25, -0.2) is 0 Å². The summed E-state index contributed by atoms with van der Waals surface area (Å²) in [5.41, 5.74) is 0.530. The standard InChI is InChI=1S/C10H8N2O2/c1-2-4-8-5-3-6-10(12(13)14)9(8)7-11/h2-6H,1H3/b4-2-. The van der Waals surface area contributed by atoms with Gasteiger partial charge in [0.1, 0.15) is 11.6 Å². The minimum absolute atomic E-state index is 0.107. The molecule has 4 nitrogen and oxygen atoms in total. The second kappa shape index (κ2) is 4.19. The quantitative estimate of drug-likeness (QED) is 0.529. The molecule has 4 heteroatoms. The van der Waals surface area contributed by atoms with Crippen molar-refractivity contribution in [2.45, 2.75) is 6.92 Å². The SMILES string of the molecule is C/C=C\c1cccc([N+](=O)[O-])c1C#N. The molecule has 0 bridgehead atoms. The zero-order chi connectivity index (χ0) is 10.6. The van der Waals surface area contributed by atoms with Gasteiger partial charge in [-0.3, -0.25) is 10.1 Å². The van der Waals surface area contributed by atoms with E-state index in [2.05, 4.69) is 0 Å². The summed E-state index contributed by atoms with van der Waals surface area (Å²) in [6.45, 7) is 1.79. The van der Waals surface area contributed by atoms with Crippen LogP contribution in [0.2, 0.25) is 0 Å². The van der Waals surface area contributed by atoms with Gasteiger partial charge in [-0.05, 0) is 12.5 Å². The van der Waals surface area contributed by atoms with Gasteiger partial charge in [0.15, 0.2) is 0 Å². The fourth-order valence-electron chi connectivity index (χ4n) is 1.15. The molecule has 0 N–H and O–H groups in total. The molecule has 0 spiro atoms. The van der Waals surface area contributed by atoms with E-state index in [1.54, 1.807) is 31.2 Å². The average molecular weight is 188 g/mol. The highest BCUT2D eigenvalue weighted by molar-refractivity contribution is 5.64. The fourth-order valence-corrected chi connectivity index (χ4v) is 1.15. The van der Waals surface area contributed by atoms with Gasteiger partial charge in [0.25, 0.3) is 5.69 Å². The molecule has 0 atom stereocenters. The van der Waals surface area contributed by atoms with E-state index in [1.165, 1.54) is 6.07 Å². The number of benzene rings is 1. The van der Waals surface area contributed by atoms with Crippen LogP contribution in [0.3, 0.4) is 0 Å². The number of hydrogen-bond donors (Lipinski definition) is 0. The molecule has 0 fully saturated rings.